The van der Waals surface area contributed by atoms with Crippen LogP contribution in [0, 0.1) is 6.92 Å². The Bertz CT molecular complexity index is 1480. The van der Waals surface area contributed by atoms with Crippen molar-refractivity contribution in [3.8, 4) is 5.69 Å². The monoisotopic (exact) mass is 563 g/mol. The second-order valence-corrected chi connectivity index (χ2v) is 11.1. The van der Waals surface area contributed by atoms with E-state index >= 15 is 0 Å². The Morgan fingerprint density at radius 3 is 2.26 bits per heavy atom. The number of nitrogens with one attached hydrogen (secondary N) is 2. The summed E-state index contributed by atoms with van der Waals surface area (Å²) in [5, 5.41) is 11.6. The summed E-state index contributed by atoms with van der Waals surface area (Å²) in [7, 11) is 0. The van der Waals surface area contributed by atoms with E-state index in [1.807, 2.05) is 88.4 Å². The van der Waals surface area contributed by atoms with E-state index in [0.717, 1.165) is 16.8 Å². The molecule has 1 heterocycles. The highest BCUT2D eigenvalue weighted by molar-refractivity contribution is 6.32. The highest BCUT2D eigenvalue weighted by Crippen LogP contribution is 2.29. The summed E-state index contributed by atoms with van der Waals surface area (Å²) in [6, 6.07) is 23.5. The van der Waals surface area contributed by atoms with Gasteiger partial charge in [-0.05, 0) is 42.3 Å². The summed E-state index contributed by atoms with van der Waals surface area (Å²) in [5.41, 5.74) is 3.49. The first kappa shape index (κ1) is 28.2. The Hall–Kier alpha value is -3.81. The lowest BCUT2D eigenvalue weighted by Crippen LogP contribution is -2.40. The van der Waals surface area contributed by atoms with Gasteiger partial charge in [-0.3, -0.25) is 4.79 Å². The Kier molecular flexibility index (Phi) is 8.63. The van der Waals surface area contributed by atoms with E-state index < -0.39 is 6.03 Å². The van der Waals surface area contributed by atoms with Crippen LogP contribution in [0.15, 0.2) is 78.9 Å². The van der Waals surface area contributed by atoms with Crippen LogP contribution in [0.3, 0.4) is 0 Å². The van der Waals surface area contributed by atoms with E-state index in [-0.39, 0.29) is 24.4 Å². The smallest absolute Gasteiger partial charge is 0.311 e. The molecule has 0 aliphatic carbocycles. The molecule has 3 amide bonds. The number of hydrogen-bond donors (Lipinski definition) is 2. The quantitative estimate of drug-likeness (QED) is 0.245. The van der Waals surface area contributed by atoms with Crippen molar-refractivity contribution >= 4 is 46.6 Å². The molecule has 0 aliphatic heterocycles. The van der Waals surface area contributed by atoms with Crippen molar-refractivity contribution in [3.05, 3.63) is 106 Å². The van der Waals surface area contributed by atoms with Crippen LogP contribution in [0.2, 0.25) is 10.0 Å². The molecule has 0 atom stereocenters. The number of carbonyl (C=O) groups excluding carboxylic acids is 2. The van der Waals surface area contributed by atoms with Crippen molar-refractivity contribution in [1.82, 2.24) is 14.7 Å². The maximum atomic E-state index is 13.4. The molecule has 39 heavy (non-hydrogen) atoms. The topological polar surface area (TPSA) is 79.3 Å². The van der Waals surface area contributed by atoms with Crippen molar-refractivity contribution in [1.29, 1.82) is 0 Å². The zero-order chi connectivity index (χ0) is 28.2. The minimum atomic E-state index is -0.427. The first-order valence-electron chi connectivity index (χ1n) is 12.5. The maximum Gasteiger partial charge on any atom is 0.322 e. The van der Waals surface area contributed by atoms with E-state index in [1.165, 1.54) is 4.90 Å². The van der Waals surface area contributed by atoms with Gasteiger partial charge in [0.2, 0.25) is 5.91 Å². The number of benzene rings is 3. The van der Waals surface area contributed by atoms with Gasteiger partial charge in [-0.15, -0.1) is 0 Å². The van der Waals surface area contributed by atoms with Crippen molar-refractivity contribution in [3.63, 3.8) is 0 Å². The lowest BCUT2D eigenvalue weighted by atomic mass is 9.92. The first-order valence-corrected chi connectivity index (χ1v) is 13.3. The Morgan fingerprint density at radius 2 is 1.59 bits per heavy atom. The molecule has 2 N–H and O–H groups in total. The van der Waals surface area contributed by atoms with Crippen LogP contribution in [-0.4, -0.2) is 33.2 Å². The number of nitrogens with zero attached hydrogens (tertiary/aromatic N) is 3. The summed E-state index contributed by atoms with van der Waals surface area (Å²) < 4.78 is 1.62. The molecular weight excluding hydrogens is 533 g/mol. The standard InChI is InChI=1S/C30H31Cl2N5O2/c1-20-14-15-22(16-24(20)32)33-29(39)36(18-21-10-6-5-7-11-21)19-28(38)34-27-17-26(30(2,3)4)35-37(27)25-13-9-8-12-23(25)31/h5-17H,18-19H2,1-4H3,(H,33,39)(H,34,38). The number of hydrogen-bond acceptors (Lipinski definition) is 3. The Morgan fingerprint density at radius 1 is 0.897 bits per heavy atom. The average molecular weight is 565 g/mol. The van der Waals surface area contributed by atoms with Crippen molar-refractivity contribution in [2.75, 3.05) is 17.2 Å². The summed E-state index contributed by atoms with van der Waals surface area (Å²) in [5.74, 6) is 0.0834. The van der Waals surface area contributed by atoms with Crippen molar-refractivity contribution < 1.29 is 9.59 Å². The zero-order valence-electron chi connectivity index (χ0n) is 22.3. The van der Waals surface area contributed by atoms with Crippen LogP contribution in [0.1, 0.15) is 37.6 Å². The number of rotatable bonds is 7. The number of aromatic nitrogens is 2. The van der Waals surface area contributed by atoms with E-state index in [0.29, 0.717) is 27.2 Å². The molecule has 3 aromatic carbocycles. The molecule has 0 bridgehead atoms. The molecule has 0 fully saturated rings. The van der Waals surface area contributed by atoms with Gasteiger partial charge >= 0.3 is 6.03 Å². The minimum Gasteiger partial charge on any atom is -0.311 e. The molecule has 9 heteroatoms. The third kappa shape index (κ3) is 7.19. The second kappa shape index (κ2) is 11.9. The molecule has 0 radical (unpaired) electrons. The Balaban J connectivity index is 1.59. The molecular formula is C30H31Cl2N5O2. The van der Waals surface area contributed by atoms with Crippen molar-refractivity contribution in [2.45, 2.75) is 39.7 Å². The molecule has 202 valence electrons. The van der Waals surface area contributed by atoms with Gasteiger partial charge in [0.25, 0.3) is 0 Å². The highest BCUT2D eigenvalue weighted by Gasteiger charge is 2.24. The molecule has 4 aromatic rings. The fourth-order valence-electron chi connectivity index (χ4n) is 3.88. The van der Waals surface area contributed by atoms with Crippen LogP contribution >= 0.6 is 23.2 Å². The molecule has 0 saturated heterocycles. The van der Waals surface area contributed by atoms with E-state index in [1.54, 1.807) is 22.9 Å². The number of urea groups is 1. The predicted molar refractivity (Wildman–Crippen MR) is 158 cm³/mol. The lowest BCUT2D eigenvalue weighted by molar-refractivity contribution is -0.116. The SMILES string of the molecule is Cc1ccc(NC(=O)N(CC(=O)Nc2cc(C(C)(C)C)nn2-c2ccccc2Cl)Cc2ccccc2)cc1Cl. The lowest BCUT2D eigenvalue weighted by Gasteiger charge is -2.23. The van der Waals surface area contributed by atoms with Crippen LogP contribution in [0.5, 0.6) is 0 Å². The van der Waals surface area contributed by atoms with Crippen molar-refractivity contribution in [2.24, 2.45) is 0 Å². The van der Waals surface area contributed by atoms with Gasteiger partial charge < -0.3 is 15.5 Å². The van der Waals surface area contributed by atoms with Gasteiger partial charge in [0, 0.05) is 28.7 Å². The average Bonchev–Trinajstić information content (AvgIpc) is 3.30. The molecule has 0 saturated carbocycles. The fourth-order valence-corrected chi connectivity index (χ4v) is 4.27. The summed E-state index contributed by atoms with van der Waals surface area (Å²) >= 11 is 12.7. The van der Waals surface area contributed by atoms with Crippen LogP contribution in [0.4, 0.5) is 16.3 Å². The van der Waals surface area contributed by atoms with E-state index in [2.05, 4.69) is 10.6 Å². The molecule has 0 unspecified atom stereocenters. The van der Waals surface area contributed by atoms with Crippen LogP contribution in [0.25, 0.3) is 5.69 Å². The number of aryl methyl sites for hydroxylation is 1. The number of halogens is 2. The third-order valence-corrected chi connectivity index (χ3v) is 6.81. The molecule has 1 aromatic heterocycles. The minimum absolute atomic E-state index is 0.196. The molecule has 4 rings (SSSR count). The zero-order valence-corrected chi connectivity index (χ0v) is 23.8. The number of anilines is 2. The fraction of sp³-hybridized carbons (Fsp3) is 0.233. The third-order valence-electron chi connectivity index (χ3n) is 6.09. The summed E-state index contributed by atoms with van der Waals surface area (Å²) in [4.78, 5) is 28.1. The summed E-state index contributed by atoms with van der Waals surface area (Å²) in [6.07, 6.45) is 0. The van der Waals surface area contributed by atoms with Gasteiger partial charge in [0.15, 0.2) is 0 Å². The number of amides is 3. The normalized spacial score (nSPS) is 11.2. The Labute approximate surface area is 238 Å². The van der Waals surface area contributed by atoms with E-state index in [9.17, 15) is 9.59 Å². The molecule has 0 spiro atoms. The van der Waals surface area contributed by atoms with Gasteiger partial charge in [-0.2, -0.15) is 5.10 Å². The van der Waals surface area contributed by atoms with E-state index in [4.69, 9.17) is 28.3 Å². The van der Waals surface area contributed by atoms with Gasteiger partial charge in [-0.1, -0.05) is 92.5 Å². The van der Waals surface area contributed by atoms with Crippen LogP contribution in [-0.2, 0) is 16.8 Å². The molecule has 0 aliphatic rings. The van der Waals surface area contributed by atoms with Gasteiger partial charge in [0.1, 0.15) is 12.4 Å². The second-order valence-electron chi connectivity index (χ2n) is 10.3. The van der Waals surface area contributed by atoms with Gasteiger partial charge in [0.05, 0.1) is 16.4 Å². The number of carbonyl (C=O) groups is 2. The van der Waals surface area contributed by atoms with Gasteiger partial charge in [-0.25, -0.2) is 9.48 Å². The number of para-hydroxylation sites is 1. The largest absolute Gasteiger partial charge is 0.322 e. The molecule has 7 nitrogen and oxygen atoms in total. The summed E-state index contributed by atoms with van der Waals surface area (Å²) in [6.45, 7) is 8.05. The maximum absolute atomic E-state index is 13.4. The highest BCUT2D eigenvalue weighted by atomic mass is 35.5. The predicted octanol–water partition coefficient (Wildman–Crippen LogP) is 7.46. The van der Waals surface area contributed by atoms with Crippen LogP contribution < -0.4 is 10.6 Å². The first-order chi connectivity index (χ1) is 18.5.